The second-order valence-electron chi connectivity index (χ2n) is 4.95. The van der Waals surface area contributed by atoms with Gasteiger partial charge in [0.1, 0.15) is 11.9 Å². The molecule has 0 bridgehead atoms. The third-order valence-electron chi connectivity index (χ3n) is 3.71. The first-order valence-corrected chi connectivity index (χ1v) is 6.81. The molecule has 1 N–H and O–H groups in total. The van der Waals surface area contributed by atoms with Gasteiger partial charge in [0.15, 0.2) is 5.78 Å². The summed E-state index contributed by atoms with van der Waals surface area (Å²) in [6, 6.07) is 17.3. The van der Waals surface area contributed by atoms with Crippen LogP contribution in [-0.2, 0) is 0 Å². The second kappa shape index (κ2) is 5.47. The first kappa shape index (κ1) is 12.9. The maximum atomic E-state index is 12.5. The van der Waals surface area contributed by atoms with Gasteiger partial charge >= 0.3 is 0 Å². The maximum absolute atomic E-state index is 12.5. The Bertz CT molecular complexity index is 609. The molecule has 1 aliphatic heterocycles. The van der Waals surface area contributed by atoms with Gasteiger partial charge in [0.2, 0.25) is 0 Å². The Balaban J connectivity index is 2.02. The monoisotopic (exact) mass is 267 g/mol. The second-order valence-corrected chi connectivity index (χ2v) is 4.95. The zero-order valence-corrected chi connectivity index (χ0v) is 11.4. The van der Waals surface area contributed by atoms with E-state index in [1.165, 1.54) is 0 Å². The van der Waals surface area contributed by atoms with Gasteiger partial charge in [-0.05, 0) is 24.7 Å². The summed E-state index contributed by atoms with van der Waals surface area (Å²) >= 11 is 0. The minimum absolute atomic E-state index is 0.0986. The van der Waals surface area contributed by atoms with E-state index in [1.807, 2.05) is 61.6 Å². The van der Waals surface area contributed by atoms with Gasteiger partial charge in [-0.3, -0.25) is 4.79 Å². The van der Waals surface area contributed by atoms with E-state index in [2.05, 4.69) is 5.32 Å². The van der Waals surface area contributed by atoms with Gasteiger partial charge in [-0.2, -0.15) is 0 Å². The third-order valence-corrected chi connectivity index (χ3v) is 3.71. The van der Waals surface area contributed by atoms with E-state index in [9.17, 15) is 4.79 Å². The van der Waals surface area contributed by atoms with Crippen LogP contribution in [0.1, 0.15) is 28.4 Å². The highest BCUT2D eigenvalue weighted by molar-refractivity contribution is 6.02. The Morgan fingerprint density at radius 2 is 1.75 bits per heavy atom. The predicted molar refractivity (Wildman–Crippen MR) is 78.0 cm³/mol. The molecule has 3 heteroatoms. The van der Waals surface area contributed by atoms with Crippen molar-refractivity contribution in [2.45, 2.75) is 18.6 Å². The van der Waals surface area contributed by atoms with Crippen LogP contribution in [-0.4, -0.2) is 18.9 Å². The SMILES string of the molecule is CNC1CC(c2ccccc2)Oc2ccccc2C1=O. The lowest BCUT2D eigenvalue weighted by molar-refractivity contribution is 0.0933. The molecular weight excluding hydrogens is 250 g/mol. The van der Waals surface area contributed by atoms with Gasteiger partial charge in [0.25, 0.3) is 0 Å². The molecule has 3 nitrogen and oxygen atoms in total. The molecule has 0 aromatic heterocycles. The summed E-state index contributed by atoms with van der Waals surface area (Å²) in [4.78, 5) is 12.5. The van der Waals surface area contributed by atoms with Gasteiger partial charge in [-0.1, -0.05) is 42.5 Å². The highest BCUT2D eigenvalue weighted by atomic mass is 16.5. The van der Waals surface area contributed by atoms with Crippen molar-refractivity contribution in [3.63, 3.8) is 0 Å². The molecule has 2 aromatic rings. The van der Waals surface area contributed by atoms with Gasteiger partial charge in [0, 0.05) is 6.42 Å². The number of Topliss-reactive ketones (excluding diaryl/α,β-unsaturated/α-hetero) is 1. The number of para-hydroxylation sites is 1. The van der Waals surface area contributed by atoms with E-state index in [4.69, 9.17) is 4.74 Å². The van der Waals surface area contributed by atoms with Crippen molar-refractivity contribution in [1.82, 2.24) is 5.32 Å². The number of rotatable bonds is 2. The smallest absolute Gasteiger partial charge is 0.183 e. The Morgan fingerprint density at radius 1 is 1.05 bits per heavy atom. The number of ether oxygens (including phenoxy) is 1. The van der Waals surface area contributed by atoms with E-state index >= 15 is 0 Å². The summed E-state index contributed by atoms with van der Waals surface area (Å²) < 4.78 is 6.08. The number of fused-ring (bicyclic) bond motifs is 1. The van der Waals surface area contributed by atoms with E-state index in [0.29, 0.717) is 17.7 Å². The Morgan fingerprint density at radius 3 is 2.50 bits per heavy atom. The van der Waals surface area contributed by atoms with Gasteiger partial charge in [-0.25, -0.2) is 0 Å². The van der Waals surface area contributed by atoms with Crippen molar-refractivity contribution in [3.8, 4) is 5.75 Å². The number of benzene rings is 2. The van der Waals surface area contributed by atoms with Crippen molar-refractivity contribution >= 4 is 5.78 Å². The first-order valence-electron chi connectivity index (χ1n) is 6.81. The third kappa shape index (κ3) is 2.32. The lowest BCUT2D eigenvalue weighted by Gasteiger charge is -2.19. The summed E-state index contributed by atoms with van der Waals surface area (Å²) in [7, 11) is 1.82. The van der Waals surface area contributed by atoms with Crippen LogP contribution < -0.4 is 10.1 Å². The standard InChI is InChI=1S/C17H17NO2/c1-18-14-11-16(12-7-3-2-4-8-12)20-15-10-6-5-9-13(15)17(14)19/h2-10,14,16,18H,11H2,1H3. The topological polar surface area (TPSA) is 38.3 Å². The molecule has 20 heavy (non-hydrogen) atoms. The van der Waals surface area contributed by atoms with Crippen LogP contribution in [0.5, 0.6) is 5.75 Å². The first-order chi connectivity index (χ1) is 9.79. The summed E-state index contributed by atoms with van der Waals surface area (Å²) in [5, 5.41) is 3.10. The highest BCUT2D eigenvalue weighted by Crippen LogP contribution is 2.33. The largest absolute Gasteiger partial charge is 0.485 e. The molecule has 0 saturated heterocycles. The molecule has 1 aliphatic rings. The van der Waals surface area contributed by atoms with Gasteiger partial charge < -0.3 is 10.1 Å². The molecular formula is C17H17NO2. The van der Waals surface area contributed by atoms with Crippen molar-refractivity contribution < 1.29 is 9.53 Å². The average Bonchev–Trinajstić information content (AvgIpc) is 2.65. The number of hydrogen-bond acceptors (Lipinski definition) is 3. The summed E-state index contributed by atoms with van der Waals surface area (Å²) in [6.45, 7) is 0. The van der Waals surface area contributed by atoms with Crippen LogP contribution in [0.3, 0.4) is 0 Å². The normalized spacial score (nSPS) is 21.8. The van der Waals surface area contributed by atoms with Gasteiger partial charge in [-0.15, -0.1) is 0 Å². The molecule has 0 amide bonds. The van der Waals surface area contributed by atoms with Crippen LogP contribution in [0.25, 0.3) is 0 Å². The Kier molecular flexibility index (Phi) is 3.52. The maximum Gasteiger partial charge on any atom is 0.183 e. The fraction of sp³-hybridized carbons (Fsp3) is 0.235. The fourth-order valence-electron chi connectivity index (χ4n) is 2.60. The number of carbonyl (C=O) groups is 1. The minimum Gasteiger partial charge on any atom is -0.485 e. The fourth-order valence-corrected chi connectivity index (χ4v) is 2.60. The molecule has 3 rings (SSSR count). The lowest BCUT2D eigenvalue weighted by atomic mass is 9.97. The number of hydrogen-bond donors (Lipinski definition) is 1. The zero-order chi connectivity index (χ0) is 13.9. The summed E-state index contributed by atoms with van der Waals surface area (Å²) in [5.41, 5.74) is 1.75. The molecule has 0 spiro atoms. The summed E-state index contributed by atoms with van der Waals surface area (Å²) in [5.74, 6) is 0.769. The van der Waals surface area contributed by atoms with Crippen LogP contribution >= 0.6 is 0 Å². The Labute approximate surface area is 118 Å². The molecule has 1 heterocycles. The lowest BCUT2D eigenvalue weighted by Crippen LogP contribution is -2.34. The van der Waals surface area contributed by atoms with Crippen molar-refractivity contribution in [1.29, 1.82) is 0 Å². The molecule has 2 aromatic carbocycles. The van der Waals surface area contributed by atoms with Crippen molar-refractivity contribution in [2.24, 2.45) is 0 Å². The van der Waals surface area contributed by atoms with E-state index in [0.717, 1.165) is 5.56 Å². The molecule has 0 fully saturated rings. The van der Waals surface area contributed by atoms with Crippen LogP contribution in [0.2, 0.25) is 0 Å². The van der Waals surface area contributed by atoms with E-state index < -0.39 is 0 Å². The number of nitrogens with one attached hydrogen (secondary N) is 1. The number of ketones is 1. The molecule has 0 aliphatic carbocycles. The average molecular weight is 267 g/mol. The highest BCUT2D eigenvalue weighted by Gasteiger charge is 2.30. The van der Waals surface area contributed by atoms with Crippen molar-refractivity contribution in [2.75, 3.05) is 7.05 Å². The Hall–Kier alpha value is -2.13. The quantitative estimate of drug-likeness (QED) is 0.909. The van der Waals surface area contributed by atoms with Crippen molar-refractivity contribution in [3.05, 3.63) is 65.7 Å². The zero-order valence-electron chi connectivity index (χ0n) is 11.4. The predicted octanol–water partition coefficient (Wildman–Crippen LogP) is 2.98. The van der Waals surface area contributed by atoms with Crippen LogP contribution in [0, 0.1) is 0 Å². The number of likely N-dealkylation sites (N-methyl/N-ethyl adjacent to an activating group) is 1. The van der Waals surface area contributed by atoms with E-state index in [-0.39, 0.29) is 17.9 Å². The molecule has 102 valence electrons. The molecule has 0 saturated carbocycles. The van der Waals surface area contributed by atoms with E-state index in [1.54, 1.807) is 0 Å². The molecule has 2 atom stereocenters. The summed E-state index contributed by atoms with van der Waals surface area (Å²) in [6.07, 6.45) is 0.523. The van der Waals surface area contributed by atoms with Crippen LogP contribution in [0.15, 0.2) is 54.6 Å². The minimum atomic E-state index is -0.219. The van der Waals surface area contributed by atoms with Gasteiger partial charge in [0.05, 0.1) is 11.6 Å². The molecule has 2 unspecified atom stereocenters. The number of carbonyl (C=O) groups excluding carboxylic acids is 1. The molecule has 0 radical (unpaired) electrons. The van der Waals surface area contributed by atoms with Crippen LogP contribution in [0.4, 0.5) is 0 Å².